The Hall–Kier alpha value is -1.11. The van der Waals surface area contributed by atoms with Crippen molar-refractivity contribution in [1.29, 1.82) is 0 Å². The highest BCUT2D eigenvalue weighted by Gasteiger charge is 2.11. The summed E-state index contributed by atoms with van der Waals surface area (Å²) in [7, 11) is 0. The summed E-state index contributed by atoms with van der Waals surface area (Å²) in [4.78, 5) is 24.6. The van der Waals surface area contributed by atoms with E-state index in [2.05, 4.69) is 21.2 Å². The molecule has 0 saturated heterocycles. The molecule has 0 bridgehead atoms. The quantitative estimate of drug-likeness (QED) is 0.849. The molecule has 1 atom stereocenters. The minimum absolute atomic E-state index is 0.0887. The van der Waals surface area contributed by atoms with Gasteiger partial charge in [0.1, 0.15) is 0 Å². The fourth-order valence-electron chi connectivity index (χ4n) is 1.84. The Morgan fingerprint density at radius 3 is 2.86 bits per heavy atom. The van der Waals surface area contributed by atoms with Gasteiger partial charge in [-0.2, -0.15) is 0 Å². The third kappa shape index (κ3) is 4.69. The lowest BCUT2D eigenvalue weighted by Gasteiger charge is -2.12. The lowest BCUT2D eigenvalue weighted by molar-refractivity contribution is -0.121. The molecule has 0 aliphatic rings. The maximum atomic E-state index is 11.9. The zero-order valence-corrected chi connectivity index (χ0v) is 14.5. The van der Waals surface area contributed by atoms with Crippen molar-refractivity contribution in [3.8, 4) is 0 Å². The second kappa shape index (κ2) is 7.24. The fourth-order valence-corrected chi connectivity index (χ4v) is 3.29. The van der Waals surface area contributed by atoms with Gasteiger partial charge < -0.3 is 9.88 Å². The number of hydrogen-bond donors (Lipinski definition) is 1. The average Bonchev–Trinajstić information content (AvgIpc) is 2.86. The standard InChI is InChI=1S/C14H14BrClN2O2S/c1-9(11-3-4-12(16)21-11)17-13(19)6-7-18-8-10(15)2-5-14(18)20/h2-5,8-9H,6-7H2,1H3,(H,17,19). The van der Waals surface area contributed by atoms with Crippen LogP contribution in [-0.2, 0) is 11.3 Å². The van der Waals surface area contributed by atoms with E-state index in [0.29, 0.717) is 10.9 Å². The molecular formula is C14H14BrClN2O2S. The number of aryl methyl sites for hydroxylation is 1. The number of hydrogen-bond acceptors (Lipinski definition) is 3. The lowest BCUT2D eigenvalue weighted by Crippen LogP contribution is -2.28. The summed E-state index contributed by atoms with van der Waals surface area (Å²) in [6.45, 7) is 2.26. The summed E-state index contributed by atoms with van der Waals surface area (Å²) in [5.41, 5.74) is -0.121. The van der Waals surface area contributed by atoms with Crippen LogP contribution < -0.4 is 10.9 Å². The number of carbonyl (C=O) groups excluding carboxylic acids is 1. The molecular weight excluding hydrogens is 376 g/mol. The third-order valence-corrected chi connectivity index (χ3v) is 4.81. The van der Waals surface area contributed by atoms with Gasteiger partial charge in [0.15, 0.2) is 0 Å². The van der Waals surface area contributed by atoms with Gasteiger partial charge in [0.25, 0.3) is 5.56 Å². The molecule has 0 saturated carbocycles. The Bertz CT molecular complexity index is 698. The molecule has 0 aromatic carbocycles. The molecule has 2 aromatic heterocycles. The number of aromatic nitrogens is 1. The highest BCUT2D eigenvalue weighted by Crippen LogP contribution is 2.26. The van der Waals surface area contributed by atoms with Crippen LogP contribution in [0.1, 0.15) is 24.3 Å². The van der Waals surface area contributed by atoms with Crippen molar-refractivity contribution < 1.29 is 4.79 Å². The highest BCUT2D eigenvalue weighted by molar-refractivity contribution is 9.10. The molecule has 112 valence electrons. The molecule has 1 unspecified atom stereocenters. The fraction of sp³-hybridized carbons (Fsp3) is 0.286. The number of nitrogens with one attached hydrogen (secondary N) is 1. The Balaban J connectivity index is 1.90. The summed E-state index contributed by atoms with van der Waals surface area (Å²) in [5, 5.41) is 2.90. The topological polar surface area (TPSA) is 51.1 Å². The number of amides is 1. The van der Waals surface area contributed by atoms with Crippen molar-refractivity contribution in [3.05, 3.63) is 54.5 Å². The molecule has 0 spiro atoms. The molecule has 21 heavy (non-hydrogen) atoms. The Morgan fingerprint density at radius 2 is 2.19 bits per heavy atom. The molecule has 7 heteroatoms. The number of nitrogens with zero attached hydrogens (tertiary/aromatic N) is 1. The third-order valence-electron chi connectivity index (χ3n) is 2.93. The largest absolute Gasteiger partial charge is 0.349 e. The van der Waals surface area contributed by atoms with Crippen LogP contribution in [0.5, 0.6) is 0 Å². The molecule has 1 amide bonds. The lowest BCUT2D eigenvalue weighted by atomic mass is 10.2. The van der Waals surface area contributed by atoms with E-state index in [9.17, 15) is 9.59 Å². The van der Waals surface area contributed by atoms with E-state index in [1.54, 1.807) is 12.3 Å². The normalized spacial score (nSPS) is 12.1. The first kappa shape index (κ1) is 16.3. The van der Waals surface area contributed by atoms with Crippen molar-refractivity contribution in [1.82, 2.24) is 9.88 Å². The molecule has 0 aliphatic heterocycles. The van der Waals surface area contributed by atoms with Crippen LogP contribution in [-0.4, -0.2) is 10.5 Å². The molecule has 0 aliphatic carbocycles. The van der Waals surface area contributed by atoms with Gasteiger partial charge in [-0.1, -0.05) is 11.6 Å². The Kier molecular flexibility index (Phi) is 5.61. The highest BCUT2D eigenvalue weighted by atomic mass is 79.9. The number of carbonyl (C=O) groups is 1. The molecule has 1 N–H and O–H groups in total. The smallest absolute Gasteiger partial charge is 0.250 e. The van der Waals surface area contributed by atoms with Gasteiger partial charge >= 0.3 is 0 Å². The van der Waals surface area contributed by atoms with Gasteiger partial charge in [0, 0.05) is 34.6 Å². The minimum Gasteiger partial charge on any atom is -0.349 e. The molecule has 0 fully saturated rings. The van der Waals surface area contributed by atoms with Crippen molar-refractivity contribution in [2.24, 2.45) is 0 Å². The van der Waals surface area contributed by atoms with E-state index in [1.807, 2.05) is 19.1 Å². The van der Waals surface area contributed by atoms with Crippen molar-refractivity contribution in [2.45, 2.75) is 25.9 Å². The predicted molar refractivity (Wildman–Crippen MR) is 88.9 cm³/mol. The first-order chi connectivity index (χ1) is 9.95. The minimum atomic E-state index is -0.121. The van der Waals surface area contributed by atoms with E-state index in [1.165, 1.54) is 22.0 Å². The molecule has 2 aromatic rings. The van der Waals surface area contributed by atoms with E-state index >= 15 is 0 Å². The van der Waals surface area contributed by atoms with Gasteiger partial charge in [-0.05, 0) is 41.1 Å². The maximum absolute atomic E-state index is 11.9. The second-order valence-electron chi connectivity index (χ2n) is 4.56. The number of rotatable bonds is 5. The first-order valence-electron chi connectivity index (χ1n) is 6.36. The van der Waals surface area contributed by atoms with Crippen LogP contribution >= 0.6 is 38.9 Å². The van der Waals surface area contributed by atoms with Crippen LogP contribution in [0.15, 0.2) is 39.7 Å². The summed E-state index contributed by atoms with van der Waals surface area (Å²) in [5.74, 6) is -0.0982. The summed E-state index contributed by atoms with van der Waals surface area (Å²) < 4.78 is 3.02. The first-order valence-corrected chi connectivity index (χ1v) is 8.35. The van der Waals surface area contributed by atoms with E-state index in [-0.39, 0.29) is 23.9 Å². The summed E-state index contributed by atoms with van der Waals surface area (Å²) >= 11 is 10.6. The van der Waals surface area contributed by atoms with Crippen molar-refractivity contribution >= 4 is 44.8 Å². The number of thiophene rings is 1. The predicted octanol–water partition coefficient (Wildman–Crippen LogP) is 3.59. The summed E-state index contributed by atoms with van der Waals surface area (Å²) in [6, 6.07) is 6.77. The van der Waals surface area contributed by atoms with E-state index < -0.39 is 0 Å². The van der Waals surface area contributed by atoms with Gasteiger partial charge in [-0.3, -0.25) is 9.59 Å². The Morgan fingerprint density at radius 1 is 1.43 bits per heavy atom. The van der Waals surface area contributed by atoms with E-state index in [4.69, 9.17) is 11.6 Å². The molecule has 2 heterocycles. The monoisotopic (exact) mass is 388 g/mol. The van der Waals surface area contributed by atoms with E-state index in [0.717, 1.165) is 9.35 Å². The van der Waals surface area contributed by atoms with Crippen LogP contribution in [0, 0.1) is 0 Å². The molecule has 0 radical (unpaired) electrons. The average molecular weight is 390 g/mol. The van der Waals surface area contributed by atoms with Crippen LogP contribution in [0.2, 0.25) is 4.34 Å². The molecule has 4 nitrogen and oxygen atoms in total. The second-order valence-corrected chi connectivity index (χ2v) is 7.22. The van der Waals surface area contributed by atoms with Gasteiger partial charge in [0.05, 0.1) is 10.4 Å². The Labute approximate surface area is 139 Å². The SMILES string of the molecule is CC(NC(=O)CCn1cc(Br)ccc1=O)c1ccc(Cl)s1. The van der Waals surface area contributed by atoms with Gasteiger partial charge in [0.2, 0.25) is 5.91 Å². The van der Waals surface area contributed by atoms with Crippen LogP contribution in [0.4, 0.5) is 0 Å². The van der Waals surface area contributed by atoms with Gasteiger partial charge in [-0.15, -0.1) is 11.3 Å². The maximum Gasteiger partial charge on any atom is 0.250 e. The van der Waals surface area contributed by atoms with Crippen LogP contribution in [0.25, 0.3) is 0 Å². The van der Waals surface area contributed by atoms with Gasteiger partial charge in [-0.25, -0.2) is 0 Å². The van der Waals surface area contributed by atoms with Crippen LogP contribution in [0.3, 0.4) is 0 Å². The zero-order valence-electron chi connectivity index (χ0n) is 11.3. The summed E-state index contributed by atoms with van der Waals surface area (Å²) in [6.07, 6.45) is 1.93. The van der Waals surface area contributed by atoms with Crippen molar-refractivity contribution in [3.63, 3.8) is 0 Å². The van der Waals surface area contributed by atoms with Crippen molar-refractivity contribution in [2.75, 3.05) is 0 Å². The number of pyridine rings is 1. The number of halogens is 2. The molecule has 2 rings (SSSR count). The zero-order chi connectivity index (χ0) is 15.4.